The predicted octanol–water partition coefficient (Wildman–Crippen LogP) is 2.60. The highest BCUT2D eigenvalue weighted by molar-refractivity contribution is 5.39. The Morgan fingerprint density at radius 2 is 2.31 bits per heavy atom. The summed E-state index contributed by atoms with van der Waals surface area (Å²) >= 11 is 0. The smallest absolute Gasteiger partial charge is 0.101 e. The zero-order chi connectivity index (χ0) is 9.68. The van der Waals surface area contributed by atoms with Crippen molar-refractivity contribution in [3.05, 3.63) is 29.1 Å². The van der Waals surface area contributed by atoms with Crippen LogP contribution in [0.2, 0.25) is 0 Å². The minimum Gasteiger partial charge on any atom is -0.260 e. The van der Waals surface area contributed by atoms with Crippen molar-refractivity contribution in [3.8, 4) is 6.07 Å². The van der Waals surface area contributed by atoms with Gasteiger partial charge in [-0.15, -0.1) is 0 Å². The first-order valence-corrected chi connectivity index (χ1v) is 4.64. The number of aromatic nitrogens is 1. The number of unbranched alkanes of at least 4 members (excludes halogenated alkanes) is 1. The molecule has 1 aromatic heterocycles. The topological polar surface area (TPSA) is 36.7 Å². The third kappa shape index (κ3) is 2.29. The van der Waals surface area contributed by atoms with Crippen LogP contribution < -0.4 is 0 Å². The SMILES string of the molecule is CCCCc1nccc(C)c1C#N. The van der Waals surface area contributed by atoms with Crippen molar-refractivity contribution in [3.63, 3.8) is 0 Å². The van der Waals surface area contributed by atoms with E-state index < -0.39 is 0 Å². The average Bonchev–Trinajstić information content (AvgIpc) is 2.15. The van der Waals surface area contributed by atoms with E-state index in [1.54, 1.807) is 6.20 Å². The highest BCUT2D eigenvalue weighted by Crippen LogP contribution is 2.12. The van der Waals surface area contributed by atoms with E-state index in [0.29, 0.717) is 0 Å². The van der Waals surface area contributed by atoms with Crippen molar-refractivity contribution >= 4 is 0 Å². The van der Waals surface area contributed by atoms with E-state index in [0.717, 1.165) is 36.1 Å². The number of nitrogens with zero attached hydrogens (tertiary/aromatic N) is 2. The fraction of sp³-hybridized carbons (Fsp3) is 0.455. The number of pyridine rings is 1. The molecule has 0 atom stereocenters. The maximum absolute atomic E-state index is 8.91. The summed E-state index contributed by atoms with van der Waals surface area (Å²) in [5, 5.41) is 8.91. The lowest BCUT2D eigenvalue weighted by Gasteiger charge is -2.03. The first kappa shape index (κ1) is 9.73. The third-order valence-electron chi connectivity index (χ3n) is 2.12. The summed E-state index contributed by atoms with van der Waals surface area (Å²) in [4.78, 5) is 4.23. The van der Waals surface area contributed by atoms with Crippen molar-refractivity contribution in [1.29, 1.82) is 5.26 Å². The molecule has 0 aliphatic carbocycles. The highest BCUT2D eigenvalue weighted by Gasteiger charge is 2.04. The summed E-state index contributed by atoms with van der Waals surface area (Å²) in [7, 11) is 0. The summed E-state index contributed by atoms with van der Waals surface area (Å²) in [6.07, 6.45) is 4.94. The molecule has 2 heteroatoms. The molecule has 0 N–H and O–H groups in total. The Bertz CT molecular complexity index is 323. The molecule has 0 aromatic carbocycles. The van der Waals surface area contributed by atoms with E-state index in [4.69, 9.17) is 5.26 Å². The van der Waals surface area contributed by atoms with Crippen LogP contribution in [0.5, 0.6) is 0 Å². The van der Waals surface area contributed by atoms with E-state index in [9.17, 15) is 0 Å². The molecule has 1 rings (SSSR count). The maximum atomic E-state index is 8.91. The van der Waals surface area contributed by atoms with Gasteiger partial charge in [-0.2, -0.15) is 5.26 Å². The standard InChI is InChI=1S/C11H14N2/c1-3-4-5-11-10(8-12)9(2)6-7-13-11/h6-7H,3-5H2,1-2H3. The molecule has 0 aliphatic heterocycles. The number of aryl methyl sites for hydroxylation is 2. The number of rotatable bonds is 3. The summed E-state index contributed by atoms with van der Waals surface area (Å²) < 4.78 is 0. The predicted molar refractivity (Wildman–Crippen MR) is 52.3 cm³/mol. The van der Waals surface area contributed by atoms with E-state index in [2.05, 4.69) is 18.0 Å². The Hall–Kier alpha value is -1.36. The molecule has 0 radical (unpaired) electrons. The lowest BCUT2D eigenvalue weighted by Crippen LogP contribution is -1.96. The van der Waals surface area contributed by atoms with E-state index in [-0.39, 0.29) is 0 Å². The van der Waals surface area contributed by atoms with Gasteiger partial charge in [-0.3, -0.25) is 4.98 Å². The first-order chi connectivity index (χ1) is 6.29. The number of hydrogen-bond acceptors (Lipinski definition) is 2. The Morgan fingerprint density at radius 1 is 1.54 bits per heavy atom. The van der Waals surface area contributed by atoms with Gasteiger partial charge in [0.25, 0.3) is 0 Å². The van der Waals surface area contributed by atoms with Crippen LogP contribution in [0, 0.1) is 18.3 Å². The average molecular weight is 174 g/mol. The Morgan fingerprint density at radius 3 is 2.92 bits per heavy atom. The van der Waals surface area contributed by atoms with Gasteiger partial charge < -0.3 is 0 Å². The maximum Gasteiger partial charge on any atom is 0.101 e. The van der Waals surface area contributed by atoms with Gasteiger partial charge >= 0.3 is 0 Å². The Balaban J connectivity index is 2.93. The molecule has 0 amide bonds. The summed E-state index contributed by atoms with van der Waals surface area (Å²) in [6, 6.07) is 4.09. The second-order valence-corrected chi connectivity index (χ2v) is 3.16. The largest absolute Gasteiger partial charge is 0.260 e. The fourth-order valence-electron chi connectivity index (χ4n) is 1.30. The van der Waals surface area contributed by atoms with Gasteiger partial charge in [0.15, 0.2) is 0 Å². The third-order valence-corrected chi connectivity index (χ3v) is 2.12. The van der Waals surface area contributed by atoms with Crippen molar-refractivity contribution < 1.29 is 0 Å². The molecule has 0 aliphatic rings. The summed E-state index contributed by atoms with van der Waals surface area (Å²) in [5.74, 6) is 0. The number of nitriles is 1. The van der Waals surface area contributed by atoms with E-state index in [1.807, 2.05) is 13.0 Å². The molecule has 0 bridgehead atoms. The molecule has 2 nitrogen and oxygen atoms in total. The molecule has 0 unspecified atom stereocenters. The fourth-order valence-corrected chi connectivity index (χ4v) is 1.30. The van der Waals surface area contributed by atoms with Crippen molar-refractivity contribution in [2.75, 3.05) is 0 Å². The van der Waals surface area contributed by atoms with E-state index >= 15 is 0 Å². The van der Waals surface area contributed by atoms with Gasteiger partial charge in [0.2, 0.25) is 0 Å². The van der Waals surface area contributed by atoms with Crippen LogP contribution in [0.4, 0.5) is 0 Å². The highest BCUT2D eigenvalue weighted by atomic mass is 14.7. The van der Waals surface area contributed by atoms with Crippen LogP contribution in [-0.4, -0.2) is 4.98 Å². The van der Waals surface area contributed by atoms with Crippen LogP contribution in [0.3, 0.4) is 0 Å². The Kier molecular flexibility index (Phi) is 3.45. The second kappa shape index (κ2) is 4.61. The summed E-state index contributed by atoms with van der Waals surface area (Å²) in [6.45, 7) is 4.09. The van der Waals surface area contributed by atoms with Gasteiger partial charge in [0.05, 0.1) is 11.3 Å². The molecule has 68 valence electrons. The van der Waals surface area contributed by atoms with E-state index in [1.165, 1.54) is 0 Å². The van der Waals surface area contributed by atoms with Gasteiger partial charge in [-0.1, -0.05) is 13.3 Å². The van der Waals surface area contributed by atoms with Crippen LogP contribution in [0.1, 0.15) is 36.6 Å². The van der Waals surface area contributed by atoms with Crippen LogP contribution >= 0.6 is 0 Å². The zero-order valence-electron chi connectivity index (χ0n) is 8.17. The van der Waals surface area contributed by atoms with Crippen LogP contribution in [0.25, 0.3) is 0 Å². The van der Waals surface area contributed by atoms with Crippen LogP contribution in [0.15, 0.2) is 12.3 Å². The van der Waals surface area contributed by atoms with Gasteiger partial charge in [0, 0.05) is 6.20 Å². The minimum absolute atomic E-state index is 0.760. The van der Waals surface area contributed by atoms with Crippen molar-refractivity contribution in [1.82, 2.24) is 4.98 Å². The zero-order valence-corrected chi connectivity index (χ0v) is 8.17. The molecule has 0 fully saturated rings. The molecular weight excluding hydrogens is 160 g/mol. The quantitative estimate of drug-likeness (QED) is 0.706. The summed E-state index contributed by atoms with van der Waals surface area (Å²) in [5.41, 5.74) is 2.74. The van der Waals surface area contributed by atoms with Crippen molar-refractivity contribution in [2.24, 2.45) is 0 Å². The molecular formula is C11H14N2. The molecule has 0 saturated carbocycles. The normalized spacial score (nSPS) is 9.62. The lowest BCUT2D eigenvalue weighted by atomic mass is 10.1. The molecule has 13 heavy (non-hydrogen) atoms. The monoisotopic (exact) mass is 174 g/mol. The van der Waals surface area contributed by atoms with Gasteiger partial charge in [-0.25, -0.2) is 0 Å². The second-order valence-electron chi connectivity index (χ2n) is 3.16. The number of hydrogen-bond donors (Lipinski definition) is 0. The van der Waals surface area contributed by atoms with Crippen LogP contribution in [-0.2, 0) is 6.42 Å². The minimum atomic E-state index is 0.760. The lowest BCUT2D eigenvalue weighted by molar-refractivity contribution is 0.773. The molecule has 0 spiro atoms. The molecule has 1 aromatic rings. The molecule has 0 saturated heterocycles. The first-order valence-electron chi connectivity index (χ1n) is 4.64. The van der Waals surface area contributed by atoms with Crippen molar-refractivity contribution in [2.45, 2.75) is 33.1 Å². The molecule has 1 heterocycles. The van der Waals surface area contributed by atoms with Gasteiger partial charge in [0.1, 0.15) is 6.07 Å². The Labute approximate surface area is 79.2 Å². The van der Waals surface area contributed by atoms with Gasteiger partial charge in [-0.05, 0) is 31.4 Å².